The second-order valence-corrected chi connectivity index (χ2v) is 2.74. The summed E-state index contributed by atoms with van der Waals surface area (Å²) >= 11 is 0. The maximum Gasteiger partial charge on any atom is 0.101 e. The van der Waals surface area contributed by atoms with Gasteiger partial charge in [-0.2, -0.15) is 5.10 Å². The molecule has 0 bridgehead atoms. The van der Waals surface area contributed by atoms with Crippen molar-refractivity contribution in [3.63, 3.8) is 0 Å². The summed E-state index contributed by atoms with van der Waals surface area (Å²) in [6.45, 7) is 2.06. The summed E-state index contributed by atoms with van der Waals surface area (Å²) in [5, 5.41) is 4.04. The van der Waals surface area contributed by atoms with Crippen molar-refractivity contribution in [2.24, 2.45) is 7.05 Å². The second kappa shape index (κ2) is 3.58. The van der Waals surface area contributed by atoms with E-state index in [0.717, 1.165) is 12.1 Å². The van der Waals surface area contributed by atoms with E-state index in [1.807, 2.05) is 7.05 Å². The molecular formula is C8H15N3O. The molecule has 68 valence electrons. The zero-order valence-electron chi connectivity index (χ0n) is 7.74. The maximum atomic E-state index is 5.73. The van der Waals surface area contributed by atoms with E-state index in [-0.39, 0.29) is 6.10 Å². The van der Waals surface area contributed by atoms with E-state index in [9.17, 15) is 0 Å². The lowest BCUT2D eigenvalue weighted by atomic mass is 10.2. The van der Waals surface area contributed by atoms with Gasteiger partial charge in [-0.05, 0) is 6.42 Å². The van der Waals surface area contributed by atoms with Crippen LogP contribution in [0.4, 0.5) is 5.69 Å². The predicted octanol–water partition coefficient (Wildman–Crippen LogP) is 1.10. The van der Waals surface area contributed by atoms with Crippen LogP contribution in [0.25, 0.3) is 0 Å². The van der Waals surface area contributed by atoms with Crippen molar-refractivity contribution < 1.29 is 4.74 Å². The molecule has 0 fully saturated rings. The van der Waals surface area contributed by atoms with Gasteiger partial charge in [0.1, 0.15) is 6.10 Å². The van der Waals surface area contributed by atoms with Crippen molar-refractivity contribution in [2.75, 3.05) is 12.8 Å². The van der Waals surface area contributed by atoms with E-state index in [4.69, 9.17) is 10.5 Å². The SMILES string of the molecule is CCC(OC)c1c(N)cnn1C. The first-order chi connectivity index (χ1) is 5.70. The zero-order valence-corrected chi connectivity index (χ0v) is 7.74. The fraction of sp³-hybridized carbons (Fsp3) is 0.625. The molecule has 1 aromatic rings. The largest absolute Gasteiger partial charge is 0.396 e. The second-order valence-electron chi connectivity index (χ2n) is 2.74. The third-order valence-electron chi connectivity index (χ3n) is 1.97. The van der Waals surface area contributed by atoms with Crippen LogP contribution in [0.2, 0.25) is 0 Å². The van der Waals surface area contributed by atoms with Gasteiger partial charge in [-0.15, -0.1) is 0 Å². The lowest BCUT2D eigenvalue weighted by molar-refractivity contribution is 0.0937. The summed E-state index contributed by atoms with van der Waals surface area (Å²) in [4.78, 5) is 0. The van der Waals surface area contributed by atoms with E-state index < -0.39 is 0 Å². The normalized spacial score (nSPS) is 13.2. The molecule has 0 amide bonds. The summed E-state index contributed by atoms with van der Waals surface area (Å²) in [6.07, 6.45) is 2.61. The van der Waals surface area contributed by atoms with Gasteiger partial charge in [0.15, 0.2) is 0 Å². The molecule has 1 unspecified atom stereocenters. The van der Waals surface area contributed by atoms with Gasteiger partial charge in [-0.3, -0.25) is 4.68 Å². The van der Waals surface area contributed by atoms with E-state index in [0.29, 0.717) is 5.69 Å². The Labute approximate surface area is 72.3 Å². The molecule has 1 aromatic heterocycles. The number of methoxy groups -OCH3 is 1. The monoisotopic (exact) mass is 169 g/mol. The molecule has 0 saturated carbocycles. The van der Waals surface area contributed by atoms with Gasteiger partial charge in [0, 0.05) is 14.2 Å². The van der Waals surface area contributed by atoms with Crippen LogP contribution in [0.3, 0.4) is 0 Å². The molecule has 0 aromatic carbocycles. The molecule has 1 atom stereocenters. The van der Waals surface area contributed by atoms with Gasteiger partial charge in [0.25, 0.3) is 0 Å². The molecular weight excluding hydrogens is 154 g/mol. The van der Waals surface area contributed by atoms with Crippen LogP contribution in [-0.2, 0) is 11.8 Å². The lowest BCUT2D eigenvalue weighted by Crippen LogP contribution is -2.08. The van der Waals surface area contributed by atoms with Crippen molar-refractivity contribution in [2.45, 2.75) is 19.4 Å². The average Bonchev–Trinajstić information content (AvgIpc) is 2.38. The molecule has 12 heavy (non-hydrogen) atoms. The Balaban J connectivity index is 2.98. The highest BCUT2D eigenvalue weighted by atomic mass is 16.5. The quantitative estimate of drug-likeness (QED) is 0.737. The zero-order chi connectivity index (χ0) is 9.14. The Morgan fingerprint density at radius 2 is 2.42 bits per heavy atom. The van der Waals surface area contributed by atoms with Crippen LogP contribution in [0.15, 0.2) is 6.20 Å². The minimum atomic E-state index is 0.0532. The highest BCUT2D eigenvalue weighted by Crippen LogP contribution is 2.24. The van der Waals surface area contributed by atoms with Crippen LogP contribution in [0.5, 0.6) is 0 Å². The number of ether oxygens (including phenoxy) is 1. The van der Waals surface area contributed by atoms with Crippen LogP contribution in [0, 0.1) is 0 Å². The van der Waals surface area contributed by atoms with Crippen molar-refractivity contribution in [3.8, 4) is 0 Å². The number of nitrogens with zero attached hydrogens (tertiary/aromatic N) is 2. The van der Waals surface area contributed by atoms with Crippen LogP contribution in [-0.4, -0.2) is 16.9 Å². The highest BCUT2D eigenvalue weighted by Gasteiger charge is 2.15. The Morgan fingerprint density at radius 1 is 1.75 bits per heavy atom. The Kier molecular flexibility index (Phi) is 2.70. The molecule has 0 aliphatic carbocycles. The fourth-order valence-corrected chi connectivity index (χ4v) is 1.33. The first-order valence-electron chi connectivity index (χ1n) is 4.00. The molecule has 1 rings (SSSR count). The van der Waals surface area contributed by atoms with Crippen molar-refractivity contribution in [3.05, 3.63) is 11.9 Å². The molecule has 1 heterocycles. The van der Waals surface area contributed by atoms with Crippen LogP contribution >= 0.6 is 0 Å². The molecule has 4 nitrogen and oxygen atoms in total. The molecule has 4 heteroatoms. The van der Waals surface area contributed by atoms with Gasteiger partial charge in [-0.25, -0.2) is 0 Å². The lowest BCUT2D eigenvalue weighted by Gasteiger charge is -2.13. The maximum absolute atomic E-state index is 5.73. The first-order valence-corrected chi connectivity index (χ1v) is 4.00. The minimum Gasteiger partial charge on any atom is -0.396 e. The van der Waals surface area contributed by atoms with Gasteiger partial charge in [-0.1, -0.05) is 6.92 Å². The van der Waals surface area contributed by atoms with Gasteiger partial charge in [0.2, 0.25) is 0 Å². The van der Waals surface area contributed by atoms with Crippen molar-refractivity contribution in [1.29, 1.82) is 0 Å². The fourth-order valence-electron chi connectivity index (χ4n) is 1.33. The Morgan fingerprint density at radius 3 is 2.75 bits per heavy atom. The van der Waals surface area contributed by atoms with Crippen LogP contribution in [0.1, 0.15) is 25.1 Å². The molecule has 0 radical (unpaired) electrons. The minimum absolute atomic E-state index is 0.0532. The third kappa shape index (κ3) is 1.43. The highest BCUT2D eigenvalue weighted by molar-refractivity contribution is 5.42. The Hall–Kier alpha value is -1.03. The van der Waals surface area contributed by atoms with E-state index in [1.54, 1.807) is 18.0 Å². The van der Waals surface area contributed by atoms with E-state index in [1.165, 1.54) is 0 Å². The van der Waals surface area contributed by atoms with Gasteiger partial charge < -0.3 is 10.5 Å². The van der Waals surface area contributed by atoms with Crippen molar-refractivity contribution >= 4 is 5.69 Å². The molecule has 0 aliphatic rings. The molecule has 2 N–H and O–H groups in total. The van der Waals surface area contributed by atoms with Crippen molar-refractivity contribution in [1.82, 2.24) is 9.78 Å². The number of nitrogens with two attached hydrogens (primary N) is 1. The predicted molar refractivity (Wildman–Crippen MR) is 47.7 cm³/mol. The third-order valence-corrected chi connectivity index (χ3v) is 1.97. The summed E-state index contributed by atoms with van der Waals surface area (Å²) in [5.41, 5.74) is 7.39. The molecule has 0 aliphatic heterocycles. The Bertz CT molecular complexity index is 233. The number of anilines is 1. The van der Waals surface area contributed by atoms with E-state index >= 15 is 0 Å². The summed E-state index contributed by atoms with van der Waals surface area (Å²) in [7, 11) is 3.55. The number of hydrogen-bond acceptors (Lipinski definition) is 3. The molecule has 0 spiro atoms. The van der Waals surface area contributed by atoms with E-state index in [2.05, 4.69) is 12.0 Å². The average molecular weight is 169 g/mol. The standard InChI is InChI=1S/C8H15N3O/c1-4-7(12-3)8-6(9)5-10-11(8)2/h5,7H,4,9H2,1-3H3. The smallest absolute Gasteiger partial charge is 0.101 e. The summed E-state index contributed by atoms with van der Waals surface area (Å²) in [6, 6.07) is 0. The number of nitrogen functional groups attached to an aromatic ring is 1. The van der Waals surface area contributed by atoms with Gasteiger partial charge in [0.05, 0.1) is 17.6 Å². The number of rotatable bonds is 3. The first kappa shape index (κ1) is 9.06. The summed E-state index contributed by atoms with van der Waals surface area (Å²) < 4.78 is 7.02. The number of hydrogen-bond donors (Lipinski definition) is 1. The number of aromatic nitrogens is 2. The topological polar surface area (TPSA) is 53.1 Å². The molecule has 0 saturated heterocycles. The number of aryl methyl sites for hydroxylation is 1. The van der Waals surface area contributed by atoms with Crippen LogP contribution < -0.4 is 5.73 Å². The summed E-state index contributed by atoms with van der Waals surface area (Å²) in [5.74, 6) is 0. The van der Waals surface area contributed by atoms with Gasteiger partial charge >= 0.3 is 0 Å².